The molecule has 1 aliphatic rings. The second-order valence-electron chi connectivity index (χ2n) is 5.97. The van der Waals surface area contributed by atoms with E-state index in [-0.39, 0.29) is 19.1 Å². The van der Waals surface area contributed by atoms with Crippen molar-refractivity contribution in [3.63, 3.8) is 0 Å². The minimum atomic E-state index is -0.209. The van der Waals surface area contributed by atoms with Crippen LogP contribution < -0.4 is 10.2 Å². The van der Waals surface area contributed by atoms with Crippen LogP contribution in [-0.4, -0.2) is 35.7 Å². The van der Waals surface area contributed by atoms with E-state index in [0.29, 0.717) is 11.7 Å². The van der Waals surface area contributed by atoms with Crippen LogP contribution >= 0.6 is 0 Å². The summed E-state index contributed by atoms with van der Waals surface area (Å²) < 4.78 is 10.2. The SMILES string of the molecule is Cc1noc(COCC(=O)Nc2ccc(N3CCCC3)c(C)c2)n1. The average molecular weight is 330 g/mol. The van der Waals surface area contributed by atoms with E-state index in [1.807, 2.05) is 12.1 Å². The summed E-state index contributed by atoms with van der Waals surface area (Å²) >= 11 is 0. The molecular weight excluding hydrogens is 308 g/mol. The van der Waals surface area contributed by atoms with Gasteiger partial charge in [-0.3, -0.25) is 4.79 Å². The van der Waals surface area contributed by atoms with Crippen molar-refractivity contribution in [1.82, 2.24) is 10.1 Å². The first-order chi connectivity index (χ1) is 11.6. The fraction of sp³-hybridized carbons (Fsp3) is 0.471. The van der Waals surface area contributed by atoms with Crippen molar-refractivity contribution in [3.8, 4) is 0 Å². The lowest BCUT2D eigenvalue weighted by atomic mass is 10.1. The van der Waals surface area contributed by atoms with Crippen molar-refractivity contribution in [3.05, 3.63) is 35.5 Å². The Morgan fingerprint density at radius 2 is 2.12 bits per heavy atom. The zero-order valence-electron chi connectivity index (χ0n) is 14.0. The summed E-state index contributed by atoms with van der Waals surface area (Å²) in [6.07, 6.45) is 2.49. The van der Waals surface area contributed by atoms with Crippen LogP contribution in [-0.2, 0) is 16.1 Å². The zero-order chi connectivity index (χ0) is 16.9. The van der Waals surface area contributed by atoms with E-state index in [9.17, 15) is 4.79 Å². The number of aromatic nitrogens is 2. The van der Waals surface area contributed by atoms with Gasteiger partial charge in [-0.2, -0.15) is 4.98 Å². The Hall–Kier alpha value is -2.41. The number of hydrogen-bond acceptors (Lipinski definition) is 6. The van der Waals surface area contributed by atoms with Crippen LogP contribution in [0.5, 0.6) is 0 Å². The van der Waals surface area contributed by atoms with Gasteiger partial charge in [0.1, 0.15) is 13.2 Å². The van der Waals surface area contributed by atoms with E-state index >= 15 is 0 Å². The number of ether oxygens (including phenoxy) is 1. The highest BCUT2D eigenvalue weighted by Crippen LogP contribution is 2.26. The van der Waals surface area contributed by atoms with Crippen LogP contribution in [0.15, 0.2) is 22.7 Å². The van der Waals surface area contributed by atoms with Gasteiger partial charge in [-0.05, 0) is 50.5 Å². The first-order valence-corrected chi connectivity index (χ1v) is 8.14. The topological polar surface area (TPSA) is 80.5 Å². The molecule has 1 amide bonds. The van der Waals surface area contributed by atoms with Gasteiger partial charge in [0.2, 0.25) is 5.91 Å². The number of nitrogens with zero attached hydrogens (tertiary/aromatic N) is 3. The van der Waals surface area contributed by atoms with Crippen LogP contribution in [0.3, 0.4) is 0 Å². The third-order valence-corrected chi connectivity index (χ3v) is 3.96. The van der Waals surface area contributed by atoms with Crippen LogP contribution in [0, 0.1) is 13.8 Å². The van der Waals surface area contributed by atoms with Crippen LogP contribution in [0.4, 0.5) is 11.4 Å². The fourth-order valence-electron chi connectivity index (χ4n) is 2.87. The molecule has 0 unspecified atom stereocenters. The van der Waals surface area contributed by atoms with Crippen molar-refractivity contribution >= 4 is 17.3 Å². The molecule has 2 heterocycles. The summed E-state index contributed by atoms with van der Waals surface area (Å²) in [5, 5.41) is 6.50. The Labute approximate surface area is 141 Å². The van der Waals surface area contributed by atoms with Crippen LogP contribution in [0.25, 0.3) is 0 Å². The predicted molar refractivity (Wildman–Crippen MR) is 89.9 cm³/mol. The fourth-order valence-corrected chi connectivity index (χ4v) is 2.87. The van der Waals surface area contributed by atoms with Gasteiger partial charge in [0.05, 0.1) is 0 Å². The lowest BCUT2D eigenvalue weighted by Gasteiger charge is -2.20. The number of rotatable bonds is 6. The smallest absolute Gasteiger partial charge is 0.252 e. The number of nitrogens with one attached hydrogen (secondary N) is 1. The van der Waals surface area contributed by atoms with Gasteiger partial charge >= 0.3 is 0 Å². The number of amides is 1. The molecule has 3 rings (SSSR count). The molecule has 1 fully saturated rings. The third kappa shape index (κ3) is 4.11. The van der Waals surface area contributed by atoms with E-state index in [0.717, 1.165) is 24.3 Å². The quantitative estimate of drug-likeness (QED) is 0.876. The van der Waals surface area contributed by atoms with Gasteiger partial charge in [0, 0.05) is 24.5 Å². The molecule has 24 heavy (non-hydrogen) atoms. The number of carbonyl (C=O) groups excluding carboxylic acids is 1. The molecule has 7 nitrogen and oxygen atoms in total. The molecule has 0 spiro atoms. The molecule has 2 aromatic rings. The minimum absolute atomic E-state index is 0.0612. The standard InChI is InChI=1S/C17H22N4O3/c1-12-9-14(5-6-15(12)21-7-3-4-8-21)19-16(22)10-23-11-17-18-13(2)20-24-17/h5-6,9H,3-4,7-8,10-11H2,1-2H3,(H,19,22). The van der Waals surface area contributed by atoms with Gasteiger partial charge in [0.15, 0.2) is 5.82 Å². The third-order valence-electron chi connectivity index (χ3n) is 3.96. The first-order valence-electron chi connectivity index (χ1n) is 8.14. The highest BCUT2D eigenvalue weighted by atomic mass is 16.5. The molecule has 0 radical (unpaired) electrons. The molecule has 0 atom stereocenters. The lowest BCUT2D eigenvalue weighted by molar-refractivity contribution is -0.121. The maximum atomic E-state index is 11.9. The normalized spacial score (nSPS) is 14.2. The van der Waals surface area contributed by atoms with Gasteiger partial charge in [-0.1, -0.05) is 5.16 Å². The summed E-state index contributed by atoms with van der Waals surface area (Å²) in [6.45, 7) is 6.08. The monoisotopic (exact) mass is 330 g/mol. The van der Waals surface area contributed by atoms with E-state index in [4.69, 9.17) is 9.26 Å². The van der Waals surface area contributed by atoms with E-state index in [2.05, 4.69) is 33.3 Å². The van der Waals surface area contributed by atoms with Crippen molar-refractivity contribution < 1.29 is 14.1 Å². The first kappa shape index (κ1) is 16.4. The molecule has 0 aliphatic carbocycles. The summed E-state index contributed by atoms with van der Waals surface area (Å²) in [4.78, 5) is 18.3. The Morgan fingerprint density at radius 1 is 1.33 bits per heavy atom. The Bertz CT molecular complexity index is 708. The molecule has 1 aliphatic heterocycles. The molecule has 0 bridgehead atoms. The second kappa shape index (κ2) is 7.44. The van der Waals surface area contributed by atoms with Crippen molar-refractivity contribution in [2.75, 3.05) is 29.9 Å². The zero-order valence-corrected chi connectivity index (χ0v) is 14.0. The van der Waals surface area contributed by atoms with Gasteiger partial charge in [-0.15, -0.1) is 0 Å². The maximum absolute atomic E-state index is 11.9. The highest BCUT2D eigenvalue weighted by Gasteiger charge is 2.14. The molecule has 1 aromatic heterocycles. The van der Waals surface area contributed by atoms with E-state index in [1.165, 1.54) is 18.5 Å². The van der Waals surface area contributed by atoms with Crippen molar-refractivity contribution in [2.24, 2.45) is 0 Å². The number of aryl methyl sites for hydroxylation is 2. The Kier molecular flexibility index (Phi) is 5.10. The van der Waals surface area contributed by atoms with Crippen LogP contribution in [0.1, 0.15) is 30.1 Å². The number of benzene rings is 1. The largest absolute Gasteiger partial charge is 0.371 e. The molecule has 0 saturated carbocycles. The highest BCUT2D eigenvalue weighted by molar-refractivity contribution is 5.92. The van der Waals surface area contributed by atoms with Crippen LogP contribution in [0.2, 0.25) is 0 Å². The number of carbonyl (C=O) groups is 1. The minimum Gasteiger partial charge on any atom is -0.371 e. The summed E-state index contributed by atoms with van der Waals surface area (Å²) in [6, 6.07) is 5.99. The summed E-state index contributed by atoms with van der Waals surface area (Å²) in [7, 11) is 0. The second-order valence-corrected chi connectivity index (χ2v) is 5.97. The van der Waals surface area contributed by atoms with Gasteiger partial charge < -0.3 is 19.5 Å². The molecule has 1 saturated heterocycles. The molecule has 1 N–H and O–H groups in total. The molecule has 128 valence electrons. The molecule has 7 heteroatoms. The number of hydrogen-bond donors (Lipinski definition) is 1. The summed E-state index contributed by atoms with van der Waals surface area (Å²) in [5.74, 6) is 0.706. The lowest BCUT2D eigenvalue weighted by Crippen LogP contribution is -2.20. The summed E-state index contributed by atoms with van der Waals surface area (Å²) in [5.41, 5.74) is 3.18. The predicted octanol–water partition coefficient (Wildman–Crippen LogP) is 2.44. The average Bonchev–Trinajstić information content (AvgIpc) is 3.19. The Balaban J connectivity index is 1.49. The Morgan fingerprint density at radius 3 is 2.79 bits per heavy atom. The molecule has 1 aromatic carbocycles. The van der Waals surface area contributed by atoms with E-state index < -0.39 is 0 Å². The van der Waals surface area contributed by atoms with Crippen molar-refractivity contribution in [2.45, 2.75) is 33.3 Å². The van der Waals surface area contributed by atoms with E-state index in [1.54, 1.807) is 6.92 Å². The number of anilines is 2. The van der Waals surface area contributed by atoms with Crippen molar-refractivity contribution in [1.29, 1.82) is 0 Å². The van der Waals surface area contributed by atoms with Gasteiger partial charge in [0.25, 0.3) is 5.89 Å². The molecular formula is C17H22N4O3. The van der Waals surface area contributed by atoms with Gasteiger partial charge in [-0.25, -0.2) is 0 Å². The maximum Gasteiger partial charge on any atom is 0.252 e.